The Morgan fingerprint density at radius 2 is 1.69 bits per heavy atom. The number of benzene rings is 2. The van der Waals surface area contributed by atoms with Gasteiger partial charge in [-0.25, -0.2) is 0 Å². The normalized spacial score (nSPS) is 13.4. The summed E-state index contributed by atoms with van der Waals surface area (Å²) in [6, 6.07) is 8.27. The highest BCUT2D eigenvalue weighted by atomic mass is 79.9. The first-order valence-corrected chi connectivity index (χ1v) is 6.21. The first-order chi connectivity index (χ1) is 7.68. The van der Waals surface area contributed by atoms with Gasteiger partial charge in [0.2, 0.25) is 0 Å². The summed E-state index contributed by atoms with van der Waals surface area (Å²) in [7, 11) is 0. The van der Waals surface area contributed by atoms with E-state index >= 15 is 0 Å². The van der Waals surface area contributed by atoms with Gasteiger partial charge in [-0.05, 0) is 42.3 Å². The molecule has 0 bridgehead atoms. The van der Waals surface area contributed by atoms with Crippen molar-refractivity contribution < 1.29 is 4.79 Å². The Hall–Kier alpha value is -1.15. The Labute approximate surface area is 103 Å². The van der Waals surface area contributed by atoms with Gasteiger partial charge < -0.3 is 0 Å². The molecule has 1 nitrogen and oxygen atoms in total. The van der Waals surface area contributed by atoms with Crippen LogP contribution in [0.2, 0.25) is 0 Å². The largest absolute Gasteiger partial charge is 0.294 e. The van der Waals surface area contributed by atoms with Crippen molar-refractivity contribution in [3.63, 3.8) is 0 Å². The molecule has 0 aliphatic heterocycles. The third-order valence-corrected chi connectivity index (χ3v) is 3.99. The second-order valence-corrected chi connectivity index (χ2v) is 5.14. The van der Waals surface area contributed by atoms with Gasteiger partial charge in [0.25, 0.3) is 0 Å². The molecular formula is C14H11BrO. The quantitative estimate of drug-likeness (QED) is 0.721. The highest BCUT2D eigenvalue weighted by Crippen LogP contribution is 2.37. The molecule has 16 heavy (non-hydrogen) atoms. The fraction of sp³-hybridized carbons (Fsp3) is 0.214. The Bertz CT molecular complexity index is 603. The molecule has 0 aromatic heterocycles. The minimum absolute atomic E-state index is 0.135. The molecule has 0 N–H and O–H groups in total. The molecule has 0 atom stereocenters. The van der Waals surface area contributed by atoms with Gasteiger partial charge in [-0.1, -0.05) is 34.1 Å². The van der Waals surface area contributed by atoms with E-state index in [-0.39, 0.29) is 5.78 Å². The lowest BCUT2D eigenvalue weighted by Crippen LogP contribution is -1.95. The van der Waals surface area contributed by atoms with Crippen LogP contribution in [0.3, 0.4) is 0 Å². The molecule has 0 amide bonds. The Kier molecular flexibility index (Phi) is 2.15. The summed E-state index contributed by atoms with van der Waals surface area (Å²) in [5, 5.41) is 2.39. The summed E-state index contributed by atoms with van der Waals surface area (Å²) >= 11 is 3.56. The summed E-state index contributed by atoms with van der Waals surface area (Å²) in [6.45, 7) is 1.63. The number of ketones is 1. The Balaban J connectivity index is 2.53. The number of Topliss-reactive ketones (excluding diaryl/α,β-unsaturated/α-hetero) is 1. The number of carbonyl (C=O) groups is 1. The minimum Gasteiger partial charge on any atom is -0.294 e. The van der Waals surface area contributed by atoms with Crippen LogP contribution in [0.25, 0.3) is 10.8 Å². The van der Waals surface area contributed by atoms with Crippen LogP contribution < -0.4 is 0 Å². The summed E-state index contributed by atoms with van der Waals surface area (Å²) in [4.78, 5) is 11.6. The van der Waals surface area contributed by atoms with Crippen LogP contribution in [0.15, 0.2) is 28.7 Å². The van der Waals surface area contributed by atoms with Crippen molar-refractivity contribution in [2.45, 2.75) is 19.8 Å². The van der Waals surface area contributed by atoms with E-state index in [0.717, 1.165) is 28.3 Å². The summed E-state index contributed by atoms with van der Waals surface area (Å²) < 4.78 is 1.03. The topological polar surface area (TPSA) is 17.1 Å². The molecule has 0 saturated carbocycles. The van der Waals surface area contributed by atoms with Crippen LogP contribution in [0.1, 0.15) is 28.4 Å². The first kappa shape index (κ1) is 10.0. The highest BCUT2D eigenvalue weighted by molar-refractivity contribution is 9.10. The van der Waals surface area contributed by atoms with Crippen molar-refractivity contribution >= 4 is 32.5 Å². The zero-order valence-electron chi connectivity index (χ0n) is 9.01. The van der Waals surface area contributed by atoms with E-state index in [4.69, 9.17) is 0 Å². The standard InChI is InChI=1S/C14H11BrO/c1-8(16)11-6-4-9-2-3-10-5-7-12(15)14(11)13(9)10/h4-7H,2-3H2,1H3. The molecule has 2 aromatic rings. The second kappa shape index (κ2) is 3.42. The van der Waals surface area contributed by atoms with Crippen LogP contribution in [0.5, 0.6) is 0 Å². The third kappa shape index (κ3) is 1.26. The maximum absolute atomic E-state index is 11.6. The van der Waals surface area contributed by atoms with Gasteiger partial charge in [-0.3, -0.25) is 4.79 Å². The molecule has 0 unspecified atom stereocenters. The summed E-state index contributed by atoms with van der Waals surface area (Å²) in [5.41, 5.74) is 3.57. The van der Waals surface area contributed by atoms with Gasteiger partial charge >= 0.3 is 0 Å². The lowest BCUT2D eigenvalue weighted by molar-refractivity contribution is 0.101. The average Bonchev–Trinajstić information content (AvgIpc) is 2.67. The smallest absolute Gasteiger partial charge is 0.160 e. The molecule has 2 aromatic carbocycles. The number of aryl methyl sites for hydroxylation is 2. The molecule has 2 heteroatoms. The van der Waals surface area contributed by atoms with Crippen molar-refractivity contribution in [3.8, 4) is 0 Å². The van der Waals surface area contributed by atoms with Crippen molar-refractivity contribution in [1.82, 2.24) is 0 Å². The third-order valence-electron chi connectivity index (χ3n) is 3.33. The summed E-state index contributed by atoms with van der Waals surface area (Å²) in [5.74, 6) is 0.135. The molecule has 0 radical (unpaired) electrons. The molecule has 1 aliphatic rings. The van der Waals surface area contributed by atoms with Crippen LogP contribution in [-0.2, 0) is 12.8 Å². The number of carbonyl (C=O) groups excluding carboxylic acids is 1. The second-order valence-electron chi connectivity index (χ2n) is 4.28. The fourth-order valence-corrected chi connectivity index (χ4v) is 3.12. The van der Waals surface area contributed by atoms with Crippen LogP contribution in [0.4, 0.5) is 0 Å². The lowest BCUT2D eigenvalue weighted by atomic mass is 9.98. The highest BCUT2D eigenvalue weighted by Gasteiger charge is 2.19. The van der Waals surface area contributed by atoms with Crippen LogP contribution in [0, 0.1) is 0 Å². The predicted molar refractivity (Wildman–Crippen MR) is 69.1 cm³/mol. The first-order valence-electron chi connectivity index (χ1n) is 5.42. The van der Waals surface area contributed by atoms with Gasteiger partial charge in [-0.2, -0.15) is 0 Å². The van der Waals surface area contributed by atoms with Crippen LogP contribution >= 0.6 is 15.9 Å². The fourth-order valence-electron chi connectivity index (χ4n) is 2.58. The number of rotatable bonds is 1. The number of hydrogen-bond donors (Lipinski definition) is 0. The molecule has 0 spiro atoms. The molecular weight excluding hydrogens is 264 g/mol. The van der Waals surface area contributed by atoms with Gasteiger partial charge in [0.1, 0.15) is 0 Å². The minimum atomic E-state index is 0.135. The van der Waals surface area contributed by atoms with E-state index in [1.165, 1.54) is 16.5 Å². The Morgan fingerprint density at radius 3 is 2.31 bits per heavy atom. The van der Waals surface area contributed by atoms with Crippen molar-refractivity contribution in [2.24, 2.45) is 0 Å². The van der Waals surface area contributed by atoms with E-state index in [0.29, 0.717) is 0 Å². The van der Waals surface area contributed by atoms with Gasteiger partial charge in [0.15, 0.2) is 5.78 Å². The number of hydrogen-bond acceptors (Lipinski definition) is 1. The molecule has 3 rings (SSSR count). The van der Waals surface area contributed by atoms with E-state index in [1.54, 1.807) is 6.92 Å². The molecule has 1 aliphatic carbocycles. The van der Waals surface area contributed by atoms with Crippen molar-refractivity contribution in [1.29, 1.82) is 0 Å². The molecule has 0 heterocycles. The van der Waals surface area contributed by atoms with Crippen LogP contribution in [-0.4, -0.2) is 5.78 Å². The zero-order chi connectivity index (χ0) is 11.3. The molecule has 0 saturated heterocycles. The average molecular weight is 275 g/mol. The maximum Gasteiger partial charge on any atom is 0.160 e. The predicted octanol–water partition coefficient (Wildman–Crippen LogP) is 3.90. The van der Waals surface area contributed by atoms with Gasteiger partial charge in [-0.15, -0.1) is 0 Å². The zero-order valence-corrected chi connectivity index (χ0v) is 10.6. The van der Waals surface area contributed by atoms with Gasteiger partial charge in [0, 0.05) is 15.4 Å². The monoisotopic (exact) mass is 274 g/mol. The summed E-state index contributed by atoms with van der Waals surface area (Å²) in [6.07, 6.45) is 2.20. The van der Waals surface area contributed by atoms with Gasteiger partial charge in [0.05, 0.1) is 0 Å². The maximum atomic E-state index is 11.6. The number of halogens is 1. The van der Waals surface area contributed by atoms with Crippen molar-refractivity contribution in [2.75, 3.05) is 0 Å². The van der Waals surface area contributed by atoms with E-state index < -0.39 is 0 Å². The molecule has 80 valence electrons. The lowest BCUT2D eigenvalue weighted by Gasteiger charge is -2.08. The SMILES string of the molecule is CC(=O)c1ccc2c3c(ccc(Br)c13)CC2. The van der Waals surface area contributed by atoms with E-state index in [1.807, 2.05) is 6.07 Å². The van der Waals surface area contributed by atoms with Crippen molar-refractivity contribution in [3.05, 3.63) is 45.4 Å². The van der Waals surface area contributed by atoms with E-state index in [2.05, 4.69) is 34.1 Å². The van der Waals surface area contributed by atoms with E-state index in [9.17, 15) is 4.79 Å². The molecule has 0 fully saturated rings. The Morgan fingerprint density at radius 1 is 1.06 bits per heavy atom.